The van der Waals surface area contributed by atoms with E-state index >= 15 is 0 Å². The predicted molar refractivity (Wildman–Crippen MR) is 16.4 cm³/mol. The second kappa shape index (κ2) is 9.19. The zero-order valence-corrected chi connectivity index (χ0v) is 5.66. The van der Waals surface area contributed by atoms with E-state index in [0.29, 0.717) is 0 Å². The van der Waals surface area contributed by atoms with Gasteiger partial charge in [-0.25, -0.2) is 0 Å². The minimum absolute atomic E-state index is 0. The van der Waals surface area contributed by atoms with Crippen molar-refractivity contribution in [1.82, 2.24) is 0 Å². The predicted octanol–water partition coefficient (Wildman–Crippen LogP) is 0.590. The minimum atomic E-state index is 0. The van der Waals surface area contributed by atoms with Gasteiger partial charge in [-0.05, 0) is 13.8 Å². The first-order valence-electron chi connectivity index (χ1n) is 1.20. The summed E-state index contributed by atoms with van der Waals surface area (Å²) in [5.74, 6) is 0.167. The summed E-state index contributed by atoms with van der Waals surface area (Å²) in [5, 5.41) is 0. The number of hydrogen-bond donors (Lipinski definition) is 0. The molecular formula is C3H6Co2O. The largest absolute Gasteiger partial charge is 0.300 e. The summed E-state index contributed by atoms with van der Waals surface area (Å²) in [6.07, 6.45) is 0. The van der Waals surface area contributed by atoms with Gasteiger partial charge in [-0.1, -0.05) is 0 Å². The zero-order valence-electron chi connectivity index (χ0n) is 3.57. The third-order valence-electron chi connectivity index (χ3n) is 0. The van der Waals surface area contributed by atoms with Crippen molar-refractivity contribution in [3.05, 3.63) is 0 Å². The first-order chi connectivity index (χ1) is 1.73. The molecule has 0 aliphatic carbocycles. The summed E-state index contributed by atoms with van der Waals surface area (Å²) in [6, 6.07) is 0. The molecule has 0 heterocycles. The van der Waals surface area contributed by atoms with Crippen molar-refractivity contribution in [2.75, 3.05) is 0 Å². The van der Waals surface area contributed by atoms with E-state index in [0.717, 1.165) is 0 Å². The van der Waals surface area contributed by atoms with Gasteiger partial charge < -0.3 is 4.79 Å². The van der Waals surface area contributed by atoms with Crippen LogP contribution < -0.4 is 0 Å². The van der Waals surface area contributed by atoms with Gasteiger partial charge >= 0.3 is 0 Å². The number of rotatable bonds is 0. The topological polar surface area (TPSA) is 17.1 Å². The van der Waals surface area contributed by atoms with E-state index in [-0.39, 0.29) is 39.3 Å². The van der Waals surface area contributed by atoms with Gasteiger partial charge in [-0.15, -0.1) is 0 Å². The molecule has 0 spiro atoms. The van der Waals surface area contributed by atoms with Crippen LogP contribution in [0.25, 0.3) is 0 Å². The fourth-order valence-electron chi connectivity index (χ4n) is 0. The van der Waals surface area contributed by atoms with Crippen LogP contribution in [0, 0.1) is 0 Å². The first-order valence-corrected chi connectivity index (χ1v) is 1.20. The Hall–Kier alpha value is 0.683. The summed E-state index contributed by atoms with van der Waals surface area (Å²) in [7, 11) is 0. The molecule has 0 saturated heterocycles. The maximum atomic E-state index is 9.44. The second-order valence-corrected chi connectivity index (χ2v) is 0.908. The van der Waals surface area contributed by atoms with Gasteiger partial charge in [0.1, 0.15) is 5.78 Å². The van der Waals surface area contributed by atoms with E-state index in [1.165, 1.54) is 13.8 Å². The maximum Gasteiger partial charge on any atom is 0.126 e. The molecule has 3 heteroatoms. The van der Waals surface area contributed by atoms with Crippen molar-refractivity contribution < 1.29 is 38.4 Å². The molecule has 1 nitrogen and oxygen atoms in total. The minimum Gasteiger partial charge on any atom is -0.300 e. The van der Waals surface area contributed by atoms with Crippen molar-refractivity contribution in [2.45, 2.75) is 13.8 Å². The van der Waals surface area contributed by atoms with Crippen LogP contribution in [0.5, 0.6) is 0 Å². The third-order valence-corrected chi connectivity index (χ3v) is 0. The van der Waals surface area contributed by atoms with Crippen molar-refractivity contribution in [3.63, 3.8) is 0 Å². The Morgan fingerprint density at radius 3 is 1.17 bits per heavy atom. The van der Waals surface area contributed by atoms with E-state index in [9.17, 15) is 4.79 Å². The van der Waals surface area contributed by atoms with E-state index in [1.807, 2.05) is 0 Å². The second-order valence-electron chi connectivity index (χ2n) is 0.908. The first kappa shape index (κ1) is 15.9. The van der Waals surface area contributed by atoms with Gasteiger partial charge in [0.2, 0.25) is 0 Å². The van der Waals surface area contributed by atoms with Crippen molar-refractivity contribution in [2.24, 2.45) is 0 Å². The van der Waals surface area contributed by atoms with Crippen LogP contribution in [-0.4, -0.2) is 5.78 Å². The Bertz CT molecular complexity index is 31.8. The van der Waals surface area contributed by atoms with Gasteiger partial charge in [0, 0.05) is 33.6 Å². The summed E-state index contributed by atoms with van der Waals surface area (Å²) in [6.45, 7) is 3.06. The van der Waals surface area contributed by atoms with E-state index in [4.69, 9.17) is 0 Å². The van der Waals surface area contributed by atoms with Crippen LogP contribution in [0.2, 0.25) is 0 Å². The summed E-state index contributed by atoms with van der Waals surface area (Å²) < 4.78 is 0. The fourth-order valence-corrected chi connectivity index (χ4v) is 0. The third kappa shape index (κ3) is 136. The van der Waals surface area contributed by atoms with Crippen molar-refractivity contribution in [1.29, 1.82) is 0 Å². The summed E-state index contributed by atoms with van der Waals surface area (Å²) in [5.41, 5.74) is 0. The molecule has 0 aromatic heterocycles. The van der Waals surface area contributed by atoms with Crippen LogP contribution >= 0.6 is 0 Å². The molecular weight excluding hydrogens is 170 g/mol. The van der Waals surface area contributed by atoms with Crippen molar-refractivity contribution >= 4 is 5.78 Å². The van der Waals surface area contributed by atoms with E-state index in [2.05, 4.69) is 0 Å². The van der Waals surface area contributed by atoms with Crippen LogP contribution in [0.15, 0.2) is 0 Å². The molecule has 0 aliphatic heterocycles. The Kier molecular flexibility index (Phi) is 24.4. The fraction of sp³-hybridized carbons (Fsp3) is 0.667. The van der Waals surface area contributed by atoms with Crippen LogP contribution in [0.3, 0.4) is 0 Å². The average molecular weight is 176 g/mol. The molecule has 0 bridgehead atoms. The molecule has 0 unspecified atom stereocenters. The zero-order chi connectivity index (χ0) is 3.58. The quantitative estimate of drug-likeness (QED) is 0.527. The summed E-state index contributed by atoms with van der Waals surface area (Å²) in [4.78, 5) is 9.44. The molecule has 6 heavy (non-hydrogen) atoms. The summed E-state index contributed by atoms with van der Waals surface area (Å²) >= 11 is 0. The van der Waals surface area contributed by atoms with Gasteiger partial charge in [0.15, 0.2) is 0 Å². The molecule has 42 valence electrons. The number of ketones is 1. The molecule has 2 radical (unpaired) electrons. The van der Waals surface area contributed by atoms with Gasteiger partial charge in [0.25, 0.3) is 0 Å². The molecule has 0 N–H and O–H groups in total. The molecule has 0 rings (SSSR count). The standard InChI is InChI=1S/C3H6O.2Co/c1-3(2)4;;/h1-2H3;;. The molecule has 0 aromatic carbocycles. The van der Waals surface area contributed by atoms with Gasteiger partial charge in [-0.2, -0.15) is 0 Å². The monoisotopic (exact) mass is 176 g/mol. The Morgan fingerprint density at radius 1 is 1.17 bits per heavy atom. The SMILES string of the molecule is CC(C)=O.[Co].[Co]. The Balaban J connectivity index is -0.0000000450. The van der Waals surface area contributed by atoms with Gasteiger partial charge in [0.05, 0.1) is 0 Å². The number of hydrogen-bond acceptors (Lipinski definition) is 1. The molecule has 0 aliphatic rings. The normalized spacial score (nSPS) is 4.33. The molecule has 0 fully saturated rings. The molecule has 0 saturated carbocycles. The van der Waals surface area contributed by atoms with Crippen LogP contribution in [0.4, 0.5) is 0 Å². The van der Waals surface area contributed by atoms with Crippen LogP contribution in [0.1, 0.15) is 13.8 Å². The maximum absolute atomic E-state index is 9.44. The Morgan fingerprint density at radius 2 is 1.17 bits per heavy atom. The molecule has 0 amide bonds. The molecule has 0 atom stereocenters. The van der Waals surface area contributed by atoms with Gasteiger partial charge in [-0.3, -0.25) is 0 Å². The van der Waals surface area contributed by atoms with E-state index in [1.54, 1.807) is 0 Å². The number of carbonyl (C=O) groups is 1. The van der Waals surface area contributed by atoms with Crippen molar-refractivity contribution in [3.8, 4) is 0 Å². The molecule has 0 aromatic rings. The number of Topliss-reactive ketones (excluding diaryl/α,β-unsaturated/α-hetero) is 1. The average Bonchev–Trinajstić information content (AvgIpc) is 0.811. The Labute approximate surface area is 58.3 Å². The number of carbonyl (C=O) groups excluding carboxylic acids is 1. The van der Waals surface area contributed by atoms with E-state index < -0.39 is 0 Å². The van der Waals surface area contributed by atoms with Crippen LogP contribution in [-0.2, 0) is 38.4 Å². The smallest absolute Gasteiger partial charge is 0.126 e.